The normalized spacial score (nSPS) is 21.1. The molecule has 0 bridgehead atoms. The molecule has 2 aromatic heterocycles. The average Bonchev–Trinajstić information content (AvgIpc) is 3.28. The van der Waals surface area contributed by atoms with Crippen LogP contribution in [-0.4, -0.2) is 51.6 Å². The molecule has 176 valence electrons. The van der Waals surface area contributed by atoms with Crippen molar-refractivity contribution < 1.29 is 19.4 Å². The molecule has 1 saturated heterocycles. The van der Waals surface area contributed by atoms with Gasteiger partial charge in [0.25, 0.3) is 0 Å². The zero-order chi connectivity index (χ0) is 23.2. The van der Waals surface area contributed by atoms with E-state index in [2.05, 4.69) is 20.3 Å². The molecule has 0 unspecified atom stereocenters. The molecule has 33 heavy (non-hydrogen) atoms. The lowest BCUT2D eigenvalue weighted by molar-refractivity contribution is -0.138. The average molecular weight is 473 g/mol. The van der Waals surface area contributed by atoms with Gasteiger partial charge in [-0.05, 0) is 50.0 Å². The maximum Gasteiger partial charge on any atom is 0.303 e. The molecule has 2 N–H and O–H groups in total. The van der Waals surface area contributed by atoms with Crippen LogP contribution in [0.15, 0.2) is 24.7 Å². The Hall–Kier alpha value is -2.58. The first kappa shape index (κ1) is 23.6. The minimum Gasteiger partial charge on any atom is -0.481 e. The predicted octanol–water partition coefficient (Wildman–Crippen LogP) is 4.03. The third-order valence-corrected chi connectivity index (χ3v) is 6.85. The van der Waals surface area contributed by atoms with Gasteiger partial charge in [-0.3, -0.25) is 19.6 Å². The summed E-state index contributed by atoms with van der Waals surface area (Å²) in [6.07, 6.45) is 9.44. The smallest absolute Gasteiger partial charge is 0.303 e. The van der Waals surface area contributed by atoms with E-state index in [1.807, 2.05) is 0 Å². The molecule has 8 nitrogen and oxygen atoms in total. The third-order valence-electron chi connectivity index (χ3n) is 6.55. The molecule has 9 heteroatoms. The van der Waals surface area contributed by atoms with Gasteiger partial charge in [0.2, 0.25) is 0 Å². The van der Waals surface area contributed by atoms with Gasteiger partial charge in [0, 0.05) is 56.0 Å². The van der Waals surface area contributed by atoms with Gasteiger partial charge in [0.1, 0.15) is 11.6 Å². The number of pyridine rings is 1. The van der Waals surface area contributed by atoms with E-state index >= 15 is 0 Å². The first-order valence-electron chi connectivity index (χ1n) is 11.5. The molecule has 0 aromatic carbocycles. The largest absolute Gasteiger partial charge is 0.481 e. The van der Waals surface area contributed by atoms with Gasteiger partial charge in [0.05, 0.1) is 23.1 Å². The Balaban J connectivity index is 1.41. The van der Waals surface area contributed by atoms with Crippen LogP contribution in [0.4, 0.5) is 5.82 Å². The highest BCUT2D eigenvalue weighted by Gasteiger charge is 2.31. The Labute approximate surface area is 198 Å². The number of aromatic nitrogens is 3. The van der Waals surface area contributed by atoms with E-state index in [0.717, 1.165) is 45.4 Å². The van der Waals surface area contributed by atoms with E-state index in [9.17, 15) is 9.59 Å². The van der Waals surface area contributed by atoms with Crippen LogP contribution in [0.3, 0.4) is 0 Å². The molecule has 2 fully saturated rings. The molecule has 0 amide bonds. The van der Waals surface area contributed by atoms with Crippen LogP contribution in [0.2, 0.25) is 5.02 Å². The first-order chi connectivity index (χ1) is 16.0. The van der Waals surface area contributed by atoms with E-state index in [4.69, 9.17) is 21.4 Å². The number of ketones is 1. The molecule has 4 rings (SSSR count). The molecule has 3 heterocycles. The Bertz CT molecular complexity index is 996. The zero-order valence-electron chi connectivity index (χ0n) is 18.5. The van der Waals surface area contributed by atoms with Gasteiger partial charge in [-0.2, -0.15) is 0 Å². The monoisotopic (exact) mass is 472 g/mol. The third kappa shape index (κ3) is 6.48. The van der Waals surface area contributed by atoms with Gasteiger partial charge >= 0.3 is 5.97 Å². The summed E-state index contributed by atoms with van der Waals surface area (Å²) in [7, 11) is 0. The summed E-state index contributed by atoms with van der Waals surface area (Å²) in [5.74, 6) is 0.505. The Kier molecular flexibility index (Phi) is 7.88. The number of hydrogen-bond donors (Lipinski definition) is 2. The highest BCUT2D eigenvalue weighted by molar-refractivity contribution is 6.33. The van der Waals surface area contributed by atoms with Crippen molar-refractivity contribution in [2.45, 2.75) is 44.9 Å². The number of nitrogens with zero attached hydrogens (tertiary/aromatic N) is 3. The van der Waals surface area contributed by atoms with E-state index in [1.165, 1.54) is 0 Å². The number of ether oxygens (including phenoxy) is 1. The number of halogens is 1. The Morgan fingerprint density at radius 3 is 2.73 bits per heavy atom. The van der Waals surface area contributed by atoms with Crippen LogP contribution in [0.5, 0.6) is 0 Å². The van der Waals surface area contributed by atoms with Crippen molar-refractivity contribution in [2.24, 2.45) is 17.8 Å². The summed E-state index contributed by atoms with van der Waals surface area (Å²) < 4.78 is 5.41. The van der Waals surface area contributed by atoms with Crippen LogP contribution >= 0.6 is 11.6 Å². The van der Waals surface area contributed by atoms with Gasteiger partial charge < -0.3 is 15.2 Å². The first-order valence-corrected chi connectivity index (χ1v) is 11.9. The van der Waals surface area contributed by atoms with Crippen molar-refractivity contribution in [1.29, 1.82) is 0 Å². The van der Waals surface area contributed by atoms with Crippen LogP contribution in [-0.2, 0) is 20.7 Å². The van der Waals surface area contributed by atoms with E-state index < -0.39 is 5.97 Å². The van der Waals surface area contributed by atoms with Gasteiger partial charge in [-0.25, -0.2) is 4.98 Å². The summed E-state index contributed by atoms with van der Waals surface area (Å²) in [4.78, 5) is 37.1. The molecule has 2 atom stereocenters. The molecule has 1 aliphatic heterocycles. The lowest BCUT2D eigenvalue weighted by Gasteiger charge is -2.22. The van der Waals surface area contributed by atoms with Crippen molar-refractivity contribution >= 4 is 29.2 Å². The van der Waals surface area contributed by atoms with Gasteiger partial charge in [-0.1, -0.05) is 11.6 Å². The maximum atomic E-state index is 12.8. The summed E-state index contributed by atoms with van der Waals surface area (Å²) in [6.45, 7) is 2.41. The second kappa shape index (κ2) is 11.0. The minimum absolute atomic E-state index is 0.0804. The van der Waals surface area contributed by atoms with Gasteiger partial charge in [0.15, 0.2) is 0 Å². The molecular formula is C24H29ClN4O4. The number of carbonyl (C=O) groups is 2. The lowest BCUT2D eigenvalue weighted by atomic mass is 9.95. The molecule has 2 aromatic rings. The topological polar surface area (TPSA) is 114 Å². The second-order valence-electron chi connectivity index (χ2n) is 9.00. The van der Waals surface area contributed by atoms with Crippen LogP contribution in [0, 0.1) is 17.8 Å². The fourth-order valence-electron chi connectivity index (χ4n) is 4.68. The molecule has 2 aliphatic rings. The van der Waals surface area contributed by atoms with Crippen molar-refractivity contribution in [3.8, 4) is 11.3 Å². The van der Waals surface area contributed by atoms with E-state index in [-0.39, 0.29) is 30.5 Å². The number of carboxylic acid groups (broad SMARTS) is 1. The lowest BCUT2D eigenvalue weighted by Crippen LogP contribution is -2.23. The zero-order valence-corrected chi connectivity index (χ0v) is 19.3. The summed E-state index contributed by atoms with van der Waals surface area (Å²) in [6, 6.07) is 1.80. The SMILES string of the molecule is O=C(O)C[C@@H]1CC[C@H](C(=O)Cc2cc(-c3cncc(NCC4CCOCC4)n3)c(Cl)cn2)C1. The highest BCUT2D eigenvalue weighted by atomic mass is 35.5. The van der Waals surface area contributed by atoms with Crippen molar-refractivity contribution in [3.05, 3.63) is 35.4 Å². The molecule has 1 aliphatic carbocycles. The molecule has 0 radical (unpaired) electrons. The Morgan fingerprint density at radius 2 is 1.94 bits per heavy atom. The summed E-state index contributed by atoms with van der Waals surface area (Å²) >= 11 is 6.41. The highest BCUT2D eigenvalue weighted by Crippen LogP contribution is 2.34. The van der Waals surface area contributed by atoms with Crippen LogP contribution in [0.1, 0.15) is 44.2 Å². The summed E-state index contributed by atoms with van der Waals surface area (Å²) in [5.41, 5.74) is 1.94. The number of nitrogens with one attached hydrogen (secondary N) is 1. The van der Waals surface area contributed by atoms with Crippen LogP contribution in [0.25, 0.3) is 11.3 Å². The predicted molar refractivity (Wildman–Crippen MR) is 124 cm³/mol. The van der Waals surface area contributed by atoms with E-state index in [0.29, 0.717) is 40.1 Å². The molecule has 0 spiro atoms. The fraction of sp³-hybridized carbons (Fsp3) is 0.542. The summed E-state index contributed by atoms with van der Waals surface area (Å²) in [5, 5.41) is 12.8. The molecule has 1 saturated carbocycles. The molecular weight excluding hydrogens is 444 g/mol. The quantitative estimate of drug-likeness (QED) is 0.562. The minimum atomic E-state index is -0.803. The van der Waals surface area contributed by atoms with Crippen molar-refractivity contribution in [2.75, 3.05) is 25.1 Å². The van der Waals surface area contributed by atoms with Crippen molar-refractivity contribution in [1.82, 2.24) is 15.0 Å². The number of carbonyl (C=O) groups excluding carboxylic acids is 1. The number of aliphatic carboxylic acids is 1. The Morgan fingerprint density at radius 1 is 1.12 bits per heavy atom. The van der Waals surface area contributed by atoms with Crippen molar-refractivity contribution in [3.63, 3.8) is 0 Å². The number of hydrogen-bond acceptors (Lipinski definition) is 7. The number of anilines is 1. The number of rotatable bonds is 9. The number of carboxylic acids is 1. The van der Waals surface area contributed by atoms with Gasteiger partial charge in [-0.15, -0.1) is 0 Å². The van der Waals surface area contributed by atoms with Crippen LogP contribution < -0.4 is 5.32 Å². The standard InChI is InChI=1S/C24H29ClN4O4/c25-20-12-27-18(10-22(30)17-2-1-16(7-17)8-24(31)32)9-19(20)21-13-26-14-23(29-21)28-11-15-3-5-33-6-4-15/h9,12-17H,1-8,10-11H2,(H,28,29)(H,31,32)/t16-,17+/m1/s1. The maximum absolute atomic E-state index is 12.8. The second-order valence-corrected chi connectivity index (χ2v) is 9.41. The number of Topliss-reactive ketones (excluding diaryl/α,β-unsaturated/α-hetero) is 1. The van der Waals surface area contributed by atoms with E-state index in [1.54, 1.807) is 24.7 Å². The fourth-order valence-corrected chi connectivity index (χ4v) is 4.88.